The standard InChI is InChI=1S/C22H34FN3O2/c1-24(15-18-6-4-3-5-7-18)22(27)17-26-12-10-25(11-13-26)16-19-14-20(23)8-9-21(19)28-2/h8-9,14,18H,3-7,10-13,15-17H2,1-2H3. The van der Waals surface area contributed by atoms with Gasteiger partial charge < -0.3 is 9.64 Å². The minimum Gasteiger partial charge on any atom is -0.496 e. The first kappa shape index (κ1) is 21.1. The van der Waals surface area contributed by atoms with Crippen molar-refractivity contribution >= 4 is 5.91 Å². The lowest BCUT2D eigenvalue weighted by atomic mass is 9.89. The largest absolute Gasteiger partial charge is 0.496 e. The Kier molecular flexibility index (Phi) is 7.68. The van der Waals surface area contributed by atoms with Crippen LogP contribution < -0.4 is 4.74 Å². The van der Waals surface area contributed by atoms with Crippen LogP contribution in [0.1, 0.15) is 37.7 Å². The molecular formula is C22H34FN3O2. The van der Waals surface area contributed by atoms with E-state index in [9.17, 15) is 9.18 Å². The van der Waals surface area contributed by atoms with E-state index in [4.69, 9.17) is 4.74 Å². The van der Waals surface area contributed by atoms with E-state index in [-0.39, 0.29) is 11.7 Å². The molecule has 0 spiro atoms. The molecule has 0 unspecified atom stereocenters. The number of rotatable bonds is 7. The Bertz CT molecular complexity index is 641. The third-order valence-corrected chi connectivity index (χ3v) is 6.14. The summed E-state index contributed by atoms with van der Waals surface area (Å²) in [4.78, 5) is 19.1. The van der Waals surface area contributed by atoms with Crippen molar-refractivity contribution in [1.82, 2.24) is 14.7 Å². The molecule has 0 atom stereocenters. The van der Waals surface area contributed by atoms with E-state index in [0.29, 0.717) is 19.0 Å². The fourth-order valence-corrected chi connectivity index (χ4v) is 4.39. The number of likely N-dealkylation sites (N-methyl/N-ethyl adjacent to an activating group) is 1. The number of halogens is 1. The Morgan fingerprint density at radius 1 is 1.14 bits per heavy atom. The van der Waals surface area contributed by atoms with Gasteiger partial charge >= 0.3 is 0 Å². The number of nitrogens with zero attached hydrogens (tertiary/aromatic N) is 3. The fraction of sp³-hybridized carbons (Fsp3) is 0.682. The van der Waals surface area contributed by atoms with Crippen molar-refractivity contribution in [2.24, 2.45) is 5.92 Å². The number of carbonyl (C=O) groups excluding carboxylic acids is 1. The zero-order chi connectivity index (χ0) is 19.9. The van der Waals surface area contributed by atoms with Gasteiger partial charge in [-0.15, -0.1) is 0 Å². The summed E-state index contributed by atoms with van der Waals surface area (Å²) in [5.74, 6) is 1.40. The lowest BCUT2D eigenvalue weighted by Crippen LogP contribution is -2.49. The molecular weight excluding hydrogens is 357 g/mol. The Balaban J connectivity index is 1.42. The molecule has 1 heterocycles. The zero-order valence-electron chi connectivity index (χ0n) is 17.3. The van der Waals surface area contributed by atoms with Gasteiger partial charge in [-0.05, 0) is 37.0 Å². The van der Waals surface area contributed by atoms with Gasteiger partial charge in [-0.25, -0.2) is 4.39 Å². The Morgan fingerprint density at radius 3 is 2.50 bits per heavy atom. The first-order valence-corrected chi connectivity index (χ1v) is 10.6. The third-order valence-electron chi connectivity index (χ3n) is 6.14. The van der Waals surface area contributed by atoms with E-state index in [2.05, 4.69) is 9.80 Å². The lowest BCUT2D eigenvalue weighted by Gasteiger charge is -2.35. The average molecular weight is 392 g/mol. The predicted octanol–water partition coefficient (Wildman–Crippen LogP) is 2.99. The van der Waals surface area contributed by atoms with Crippen molar-refractivity contribution in [3.8, 4) is 5.75 Å². The number of amides is 1. The van der Waals surface area contributed by atoms with Gasteiger partial charge in [0.2, 0.25) is 5.91 Å². The van der Waals surface area contributed by atoms with Crippen molar-refractivity contribution in [1.29, 1.82) is 0 Å². The molecule has 1 aliphatic heterocycles. The van der Waals surface area contributed by atoms with Gasteiger partial charge in [-0.1, -0.05) is 19.3 Å². The average Bonchev–Trinajstić information content (AvgIpc) is 2.70. The summed E-state index contributed by atoms with van der Waals surface area (Å²) in [6, 6.07) is 4.66. The second-order valence-electron chi connectivity index (χ2n) is 8.29. The van der Waals surface area contributed by atoms with Gasteiger partial charge in [0.05, 0.1) is 13.7 Å². The van der Waals surface area contributed by atoms with Crippen molar-refractivity contribution in [2.75, 3.05) is 53.4 Å². The van der Waals surface area contributed by atoms with Gasteiger partial charge in [0, 0.05) is 51.9 Å². The highest BCUT2D eigenvalue weighted by atomic mass is 19.1. The highest BCUT2D eigenvalue weighted by molar-refractivity contribution is 5.78. The van der Waals surface area contributed by atoms with Gasteiger partial charge in [0.25, 0.3) is 0 Å². The molecule has 5 nitrogen and oxygen atoms in total. The summed E-state index contributed by atoms with van der Waals surface area (Å²) in [5.41, 5.74) is 0.874. The molecule has 1 aliphatic carbocycles. The molecule has 1 amide bonds. The van der Waals surface area contributed by atoms with Crippen LogP contribution in [0.15, 0.2) is 18.2 Å². The van der Waals surface area contributed by atoms with Crippen LogP contribution in [0.2, 0.25) is 0 Å². The number of carbonyl (C=O) groups is 1. The van der Waals surface area contributed by atoms with Crippen LogP contribution in [0, 0.1) is 11.7 Å². The van der Waals surface area contributed by atoms with Crippen molar-refractivity contribution < 1.29 is 13.9 Å². The van der Waals surface area contributed by atoms with Crippen LogP contribution >= 0.6 is 0 Å². The summed E-state index contributed by atoms with van der Waals surface area (Å²) >= 11 is 0. The van der Waals surface area contributed by atoms with Crippen molar-refractivity contribution in [3.05, 3.63) is 29.6 Å². The molecule has 3 rings (SSSR count). The second kappa shape index (κ2) is 10.2. The van der Waals surface area contributed by atoms with Gasteiger partial charge in [-0.3, -0.25) is 14.6 Å². The molecule has 1 saturated carbocycles. The van der Waals surface area contributed by atoms with Crippen molar-refractivity contribution in [2.45, 2.75) is 38.6 Å². The normalized spacial score (nSPS) is 19.5. The van der Waals surface area contributed by atoms with E-state index in [1.54, 1.807) is 19.2 Å². The summed E-state index contributed by atoms with van der Waals surface area (Å²) in [5, 5.41) is 0. The van der Waals surface area contributed by atoms with Crippen LogP contribution in [0.5, 0.6) is 5.75 Å². The molecule has 156 valence electrons. The van der Waals surface area contributed by atoms with E-state index in [1.165, 1.54) is 38.2 Å². The Labute approximate surface area is 168 Å². The van der Waals surface area contributed by atoms with Crippen LogP contribution in [0.3, 0.4) is 0 Å². The summed E-state index contributed by atoms with van der Waals surface area (Å²) in [6.07, 6.45) is 6.50. The van der Waals surface area contributed by atoms with E-state index in [1.807, 2.05) is 11.9 Å². The number of benzene rings is 1. The summed E-state index contributed by atoms with van der Waals surface area (Å²) < 4.78 is 18.9. The molecule has 2 aliphatic rings. The monoisotopic (exact) mass is 391 g/mol. The topological polar surface area (TPSA) is 36.0 Å². The summed E-state index contributed by atoms with van der Waals surface area (Å²) in [7, 11) is 3.56. The van der Waals surface area contributed by atoms with E-state index >= 15 is 0 Å². The Morgan fingerprint density at radius 2 is 1.82 bits per heavy atom. The number of ether oxygens (including phenoxy) is 1. The fourth-order valence-electron chi connectivity index (χ4n) is 4.39. The Hall–Kier alpha value is -1.66. The molecule has 2 fully saturated rings. The second-order valence-corrected chi connectivity index (χ2v) is 8.29. The molecule has 0 aromatic heterocycles. The van der Waals surface area contributed by atoms with Crippen molar-refractivity contribution in [3.63, 3.8) is 0 Å². The molecule has 0 radical (unpaired) electrons. The number of hydrogen-bond acceptors (Lipinski definition) is 4. The third kappa shape index (κ3) is 5.92. The molecule has 1 aromatic rings. The molecule has 6 heteroatoms. The minimum absolute atomic E-state index is 0.228. The maximum Gasteiger partial charge on any atom is 0.236 e. The van der Waals surface area contributed by atoms with Gasteiger partial charge in [-0.2, -0.15) is 0 Å². The zero-order valence-corrected chi connectivity index (χ0v) is 17.3. The molecule has 0 N–H and O–H groups in total. The summed E-state index contributed by atoms with van der Waals surface area (Å²) in [6.45, 7) is 5.54. The van der Waals surface area contributed by atoms with Gasteiger partial charge in [0.15, 0.2) is 0 Å². The smallest absolute Gasteiger partial charge is 0.236 e. The lowest BCUT2D eigenvalue weighted by molar-refractivity contribution is -0.132. The quantitative estimate of drug-likeness (QED) is 0.716. The number of hydrogen-bond donors (Lipinski definition) is 0. The first-order valence-electron chi connectivity index (χ1n) is 10.6. The predicted molar refractivity (Wildman–Crippen MR) is 109 cm³/mol. The molecule has 1 saturated heterocycles. The molecule has 28 heavy (non-hydrogen) atoms. The minimum atomic E-state index is -0.235. The number of methoxy groups -OCH3 is 1. The van der Waals surface area contributed by atoms with E-state index < -0.39 is 0 Å². The van der Waals surface area contributed by atoms with Gasteiger partial charge in [0.1, 0.15) is 11.6 Å². The maximum absolute atomic E-state index is 13.6. The van der Waals surface area contributed by atoms with Crippen LogP contribution in [-0.2, 0) is 11.3 Å². The van der Waals surface area contributed by atoms with Crippen LogP contribution in [0.4, 0.5) is 4.39 Å². The first-order chi connectivity index (χ1) is 13.5. The number of piperazine rings is 1. The SMILES string of the molecule is COc1ccc(F)cc1CN1CCN(CC(=O)N(C)CC2CCCCC2)CC1. The van der Waals surface area contributed by atoms with E-state index in [0.717, 1.165) is 44.0 Å². The molecule has 0 bridgehead atoms. The highest BCUT2D eigenvalue weighted by Gasteiger charge is 2.23. The van der Waals surface area contributed by atoms with Crippen LogP contribution in [-0.4, -0.2) is 74.0 Å². The maximum atomic E-state index is 13.6. The molecule has 1 aromatic carbocycles. The highest BCUT2D eigenvalue weighted by Crippen LogP contribution is 2.24. The van der Waals surface area contributed by atoms with Crippen LogP contribution in [0.25, 0.3) is 0 Å².